The Bertz CT molecular complexity index is 2340. The second-order valence-corrected chi connectivity index (χ2v) is 27.2. The molecule has 0 spiro atoms. The van der Waals surface area contributed by atoms with E-state index in [0.717, 1.165) is 5.56 Å². The molecular weight excluding hydrogens is 1100 g/mol. The largest absolute Gasteiger partial charge is 0.489 e. The summed E-state index contributed by atoms with van der Waals surface area (Å²) in [6.45, 7) is 40.1. The van der Waals surface area contributed by atoms with Gasteiger partial charge in [0.2, 0.25) is 35.4 Å². The van der Waals surface area contributed by atoms with Gasteiger partial charge < -0.3 is 83.1 Å². The molecule has 2 rings (SSSR count). The molecule has 2 aromatic carbocycles. The maximum atomic E-state index is 12.6. The Hall–Kier alpha value is -5.93. The van der Waals surface area contributed by atoms with Crippen molar-refractivity contribution in [1.29, 1.82) is 0 Å². The standard InChI is InChI=1S/C20H34BN3O4.C18H35N3O4.C13H27N3O2.C7H7BO3.BH2O2/c1-14(2)10-18(25)24-17(19(26)23-13-20(3,4)5)12-22-11-15-8-6-7-9-16(15)21(27)28;1-16(2,3)11-20-13(22)12(21-14(23)17(4,5)6)10-19-15(24)25-18(7,8)9;1-12(2,3)8-15-10(17)9(7-14)16-11(18)13(4,5)6;9-5-6-3-1-2-4-7(6)8(10)11;2-1-3/h6-9,14,17,22,27-28H,10-13H2,1-5H3,(H,23,26)(H,24,25);12H,10-11H2,1-9H3,(H,19,24)(H,20,22)(H,21,23);9H,7-8,14H2,1-6H3,(H,15,17)(H,16,18);1-5,10-11H;2-3H. The first-order chi connectivity index (χ1) is 38.6. The highest BCUT2D eigenvalue weighted by Gasteiger charge is 2.31. The Kier molecular flexibility index (Phi) is 38.9. The van der Waals surface area contributed by atoms with Crippen molar-refractivity contribution in [3.8, 4) is 0 Å². The van der Waals surface area contributed by atoms with Crippen molar-refractivity contribution in [3.05, 3.63) is 59.7 Å². The molecule has 27 heteroatoms. The number of rotatable bonds is 21. The van der Waals surface area contributed by atoms with Crippen molar-refractivity contribution >= 4 is 80.7 Å². The highest BCUT2D eigenvalue weighted by atomic mass is 16.6. The molecule has 0 heterocycles. The zero-order valence-electron chi connectivity index (χ0n) is 54.3. The fourth-order valence-corrected chi connectivity index (χ4v) is 6.10. The SMILES string of the molecule is CC(C)(C)CNC(=O)C(CN)NC(=O)C(C)(C)C.CC(C)(C)CNC(=O)C(CNC(=O)OC(C)(C)C)NC(=O)C(C)(C)C.CC(C)CC(=O)NC(CNCc1ccccc1B(O)O)C(=O)NCC(C)(C)C.O=Cc1ccccc1B(O)O.O[B]O. The molecule has 1 radical (unpaired) electrons. The first-order valence-corrected chi connectivity index (χ1v) is 28.2. The van der Waals surface area contributed by atoms with Crippen molar-refractivity contribution < 1.29 is 73.2 Å². The minimum atomic E-state index is -1.57. The van der Waals surface area contributed by atoms with Crippen LogP contribution in [0.4, 0.5) is 4.79 Å². The molecule has 16 N–H and O–H groups in total. The van der Waals surface area contributed by atoms with Gasteiger partial charge in [-0.1, -0.05) is 166 Å². The van der Waals surface area contributed by atoms with E-state index in [0.29, 0.717) is 49.9 Å². The van der Waals surface area contributed by atoms with Crippen molar-refractivity contribution in [1.82, 2.24) is 42.5 Å². The lowest BCUT2D eigenvalue weighted by Crippen LogP contribution is -2.55. The maximum Gasteiger partial charge on any atom is 0.489 e. The summed E-state index contributed by atoms with van der Waals surface area (Å²) < 4.78 is 5.16. The van der Waals surface area contributed by atoms with Crippen molar-refractivity contribution in [2.24, 2.45) is 38.7 Å². The zero-order valence-corrected chi connectivity index (χ0v) is 54.3. The third-order valence-corrected chi connectivity index (χ3v) is 10.7. The molecule has 0 aromatic heterocycles. The number of carbonyl (C=O) groups excluding carboxylic acids is 8. The number of benzene rings is 2. The molecule has 0 saturated carbocycles. The van der Waals surface area contributed by atoms with Gasteiger partial charge in [0.1, 0.15) is 30.0 Å². The van der Waals surface area contributed by atoms with Gasteiger partial charge in [-0.05, 0) is 59.4 Å². The van der Waals surface area contributed by atoms with Crippen LogP contribution < -0.4 is 59.2 Å². The number of alkyl carbamates (subject to hydrolysis) is 1. The van der Waals surface area contributed by atoms with Crippen molar-refractivity contribution in [2.45, 2.75) is 175 Å². The van der Waals surface area contributed by atoms with Crippen LogP contribution in [-0.4, -0.2) is 163 Å². The molecule has 7 amide bonds. The molecule has 481 valence electrons. The van der Waals surface area contributed by atoms with Crippen LogP contribution in [0.1, 0.15) is 161 Å². The quantitative estimate of drug-likeness (QED) is 0.0603. The predicted molar refractivity (Wildman–Crippen MR) is 335 cm³/mol. The molecule has 3 atom stereocenters. The highest BCUT2D eigenvalue weighted by Crippen LogP contribution is 2.16. The van der Waals surface area contributed by atoms with Gasteiger partial charge >= 0.3 is 28.0 Å². The summed E-state index contributed by atoms with van der Waals surface area (Å²) in [7, 11) is -3.13. The number of amides is 7. The van der Waals surface area contributed by atoms with E-state index >= 15 is 0 Å². The molecule has 85 heavy (non-hydrogen) atoms. The van der Waals surface area contributed by atoms with Gasteiger partial charge in [-0.3, -0.25) is 33.6 Å². The van der Waals surface area contributed by atoms with Crippen molar-refractivity contribution in [3.63, 3.8) is 0 Å². The normalized spacial score (nSPS) is 12.5. The van der Waals surface area contributed by atoms with Gasteiger partial charge in [0.15, 0.2) is 0 Å². The van der Waals surface area contributed by atoms with E-state index in [1.807, 2.05) is 76.2 Å². The fraction of sp³-hybridized carbons (Fsp3) is 0.655. The van der Waals surface area contributed by atoms with Crippen LogP contribution in [0.25, 0.3) is 0 Å². The number of nitrogens with one attached hydrogen (secondary N) is 8. The van der Waals surface area contributed by atoms with E-state index in [4.69, 9.17) is 30.6 Å². The highest BCUT2D eigenvalue weighted by molar-refractivity contribution is 6.60. The summed E-state index contributed by atoms with van der Waals surface area (Å²) >= 11 is 0. The van der Waals surface area contributed by atoms with Crippen LogP contribution >= 0.6 is 0 Å². The second-order valence-electron chi connectivity index (χ2n) is 27.2. The Morgan fingerprint density at radius 3 is 1.29 bits per heavy atom. The van der Waals surface area contributed by atoms with E-state index in [1.165, 1.54) is 12.1 Å². The van der Waals surface area contributed by atoms with E-state index in [2.05, 4.69) is 42.5 Å². The fourth-order valence-electron chi connectivity index (χ4n) is 6.10. The Morgan fingerprint density at radius 2 is 0.941 bits per heavy atom. The summed E-state index contributed by atoms with van der Waals surface area (Å²) in [6.07, 6.45) is 0.309. The summed E-state index contributed by atoms with van der Waals surface area (Å²) in [5, 5.41) is 72.7. The van der Waals surface area contributed by atoms with Gasteiger partial charge in [-0.25, -0.2) is 4.79 Å². The molecule has 3 unspecified atom stereocenters. The summed E-state index contributed by atoms with van der Waals surface area (Å²) in [5.74, 6) is -1.23. The molecule has 24 nitrogen and oxygen atoms in total. The van der Waals surface area contributed by atoms with Crippen LogP contribution in [0.2, 0.25) is 0 Å². The lowest BCUT2D eigenvalue weighted by Gasteiger charge is -2.26. The van der Waals surface area contributed by atoms with Gasteiger partial charge in [0.05, 0.1) is 6.54 Å². The first kappa shape index (κ1) is 83.3. The zero-order chi connectivity index (χ0) is 66.9. The topological polar surface area (TPSA) is 389 Å². The third kappa shape index (κ3) is 43.4. The maximum absolute atomic E-state index is 12.6. The number of carbonyl (C=O) groups is 8. The minimum Gasteiger partial charge on any atom is -0.444 e. The van der Waals surface area contributed by atoms with Gasteiger partial charge in [0, 0.05) is 62.1 Å². The molecule has 0 saturated heterocycles. The number of nitrogens with two attached hydrogens (primary N) is 1. The van der Waals surface area contributed by atoms with E-state index in [-0.39, 0.29) is 90.4 Å². The average Bonchev–Trinajstić information content (AvgIpc) is 3.48. The smallest absolute Gasteiger partial charge is 0.444 e. The summed E-state index contributed by atoms with van der Waals surface area (Å²) in [4.78, 5) is 95.2. The lowest BCUT2D eigenvalue weighted by molar-refractivity contribution is -0.133. The van der Waals surface area contributed by atoms with Gasteiger partial charge in [-0.15, -0.1) is 0 Å². The minimum absolute atomic E-state index is 0. The van der Waals surface area contributed by atoms with Crippen LogP contribution in [0.15, 0.2) is 48.5 Å². The molecule has 0 fully saturated rings. The van der Waals surface area contributed by atoms with E-state index < -0.39 is 54.9 Å². The number of aldehydes is 1. The van der Waals surface area contributed by atoms with E-state index in [9.17, 15) is 48.4 Å². The number of hydrogen-bond acceptors (Lipinski definition) is 17. The Morgan fingerprint density at radius 1 is 0.565 bits per heavy atom. The van der Waals surface area contributed by atoms with Gasteiger partial charge in [0.25, 0.3) is 0 Å². The van der Waals surface area contributed by atoms with Crippen molar-refractivity contribution in [2.75, 3.05) is 39.3 Å². The second kappa shape index (κ2) is 39.7. The lowest BCUT2D eigenvalue weighted by atomic mass is 9.77. The Labute approximate surface area is 507 Å². The molecular formula is C58H105B3N9O15. The predicted octanol–water partition coefficient (Wildman–Crippen LogP) is 0.676. The Balaban J connectivity index is -0.00000108. The molecule has 0 aliphatic heterocycles. The first-order valence-electron chi connectivity index (χ1n) is 28.2. The van der Waals surface area contributed by atoms with Crippen LogP contribution in [0, 0.1) is 33.0 Å². The number of ether oxygens (including phenoxy) is 1. The monoisotopic (exact) mass is 1200 g/mol. The summed E-state index contributed by atoms with van der Waals surface area (Å²) in [6, 6.07) is 11.0. The van der Waals surface area contributed by atoms with Crippen LogP contribution in [0.5, 0.6) is 0 Å². The molecule has 0 aliphatic rings. The molecule has 0 bridgehead atoms. The van der Waals surface area contributed by atoms with E-state index in [1.54, 1.807) is 98.7 Å². The van der Waals surface area contributed by atoms with Gasteiger partial charge in [-0.2, -0.15) is 0 Å². The summed E-state index contributed by atoms with van der Waals surface area (Å²) in [5.41, 5.74) is 5.25. The number of hydrogen-bond donors (Lipinski definition) is 15. The van der Waals surface area contributed by atoms with Crippen LogP contribution in [-0.2, 0) is 40.0 Å². The third-order valence-electron chi connectivity index (χ3n) is 10.7. The molecule has 2 aromatic rings. The average molecular weight is 1200 g/mol. The molecule has 0 aliphatic carbocycles. The van der Waals surface area contributed by atoms with Crippen LogP contribution in [0.3, 0.4) is 0 Å².